The zero-order valence-electron chi connectivity index (χ0n) is 14.2. The van der Waals surface area contributed by atoms with Crippen LogP contribution in [-0.2, 0) is 16.1 Å². The number of methoxy groups -OCH3 is 2. The van der Waals surface area contributed by atoms with Crippen molar-refractivity contribution in [2.75, 3.05) is 20.8 Å². The molecule has 0 atom stereocenters. The Morgan fingerprint density at radius 2 is 1.64 bits per heavy atom. The Bertz CT molecular complexity index is 713. The predicted molar refractivity (Wildman–Crippen MR) is 90.8 cm³/mol. The molecule has 2 rings (SSSR count). The molecule has 6 heteroatoms. The highest BCUT2D eigenvalue weighted by atomic mass is 19.1. The van der Waals surface area contributed by atoms with Gasteiger partial charge in [0.1, 0.15) is 11.6 Å². The highest BCUT2D eigenvalue weighted by Gasteiger charge is 2.18. The molecule has 0 heterocycles. The van der Waals surface area contributed by atoms with Crippen molar-refractivity contribution in [2.45, 2.75) is 13.0 Å². The van der Waals surface area contributed by atoms with E-state index in [-0.39, 0.29) is 31.2 Å². The number of ether oxygens (including phenoxy) is 2. The van der Waals surface area contributed by atoms with Crippen LogP contribution in [0, 0.1) is 5.82 Å². The van der Waals surface area contributed by atoms with Crippen LogP contribution >= 0.6 is 0 Å². The predicted octanol–water partition coefficient (Wildman–Crippen LogP) is 3.04. The first-order valence-corrected chi connectivity index (χ1v) is 7.78. The first kappa shape index (κ1) is 18.4. The highest BCUT2D eigenvalue weighted by molar-refractivity contribution is 5.94. The normalized spacial score (nSPS) is 10.2. The van der Waals surface area contributed by atoms with Crippen LogP contribution in [0.2, 0.25) is 0 Å². The van der Waals surface area contributed by atoms with Gasteiger partial charge in [0.2, 0.25) is 0 Å². The summed E-state index contributed by atoms with van der Waals surface area (Å²) in [5.41, 5.74) is 1.25. The maximum atomic E-state index is 13.1. The van der Waals surface area contributed by atoms with Gasteiger partial charge < -0.3 is 14.4 Å². The maximum Gasteiger partial charge on any atom is 0.307 e. The molecule has 2 aromatic rings. The number of nitrogens with zero attached hydrogens (tertiary/aromatic N) is 1. The largest absolute Gasteiger partial charge is 0.497 e. The van der Waals surface area contributed by atoms with Gasteiger partial charge in [-0.25, -0.2) is 4.39 Å². The summed E-state index contributed by atoms with van der Waals surface area (Å²) in [4.78, 5) is 25.7. The SMILES string of the molecule is COC(=O)CCN(Cc1ccc(F)cc1)C(=O)c1ccc(OC)cc1. The van der Waals surface area contributed by atoms with E-state index in [2.05, 4.69) is 4.74 Å². The number of hydrogen-bond acceptors (Lipinski definition) is 4. The van der Waals surface area contributed by atoms with Crippen LogP contribution in [-0.4, -0.2) is 37.5 Å². The lowest BCUT2D eigenvalue weighted by molar-refractivity contribution is -0.140. The van der Waals surface area contributed by atoms with Crippen molar-refractivity contribution in [3.8, 4) is 5.75 Å². The van der Waals surface area contributed by atoms with Crippen molar-refractivity contribution >= 4 is 11.9 Å². The maximum absolute atomic E-state index is 13.1. The fourth-order valence-corrected chi connectivity index (χ4v) is 2.31. The number of carbonyl (C=O) groups excluding carboxylic acids is 2. The van der Waals surface area contributed by atoms with Gasteiger partial charge in [-0.05, 0) is 42.0 Å². The Kier molecular flexibility index (Phi) is 6.51. The Morgan fingerprint density at radius 1 is 1.00 bits per heavy atom. The van der Waals surface area contributed by atoms with Crippen LogP contribution in [0.3, 0.4) is 0 Å². The summed E-state index contributed by atoms with van der Waals surface area (Å²) in [5.74, 6) is -0.315. The summed E-state index contributed by atoms with van der Waals surface area (Å²) in [7, 11) is 2.85. The van der Waals surface area contributed by atoms with Gasteiger partial charge in [-0.2, -0.15) is 0 Å². The second-order valence-corrected chi connectivity index (χ2v) is 5.41. The third-order valence-corrected chi connectivity index (χ3v) is 3.72. The Hall–Kier alpha value is -2.89. The molecule has 0 aliphatic carbocycles. The first-order chi connectivity index (χ1) is 12.0. The minimum absolute atomic E-state index is 0.0829. The summed E-state index contributed by atoms with van der Waals surface area (Å²) >= 11 is 0. The molecule has 0 fully saturated rings. The third-order valence-electron chi connectivity index (χ3n) is 3.72. The molecule has 0 aliphatic heterocycles. The molecule has 0 spiro atoms. The van der Waals surface area contributed by atoms with Gasteiger partial charge in [0.05, 0.1) is 20.6 Å². The Morgan fingerprint density at radius 3 is 2.20 bits per heavy atom. The molecular formula is C19H20FNO4. The fourth-order valence-electron chi connectivity index (χ4n) is 2.31. The molecule has 132 valence electrons. The van der Waals surface area contributed by atoms with Crippen LogP contribution in [0.25, 0.3) is 0 Å². The number of amides is 1. The topological polar surface area (TPSA) is 55.8 Å². The van der Waals surface area contributed by atoms with Crippen LogP contribution in [0.1, 0.15) is 22.3 Å². The summed E-state index contributed by atoms with van der Waals surface area (Å²) < 4.78 is 22.8. The van der Waals surface area contributed by atoms with Gasteiger partial charge in [-0.15, -0.1) is 0 Å². The number of benzene rings is 2. The standard InChI is InChI=1S/C19H20FNO4/c1-24-17-9-5-15(6-10-17)19(23)21(12-11-18(22)25-2)13-14-3-7-16(20)8-4-14/h3-10H,11-13H2,1-2H3. The lowest BCUT2D eigenvalue weighted by Gasteiger charge is -2.22. The van der Waals surface area contributed by atoms with Gasteiger partial charge in [0, 0.05) is 18.7 Å². The molecule has 0 N–H and O–H groups in total. The minimum atomic E-state index is -0.397. The first-order valence-electron chi connectivity index (χ1n) is 7.78. The molecule has 0 aliphatic rings. The van der Waals surface area contributed by atoms with Crippen LogP contribution in [0.15, 0.2) is 48.5 Å². The van der Waals surface area contributed by atoms with Crippen molar-refractivity contribution in [3.05, 3.63) is 65.5 Å². The van der Waals surface area contributed by atoms with Crippen molar-refractivity contribution in [2.24, 2.45) is 0 Å². The van der Waals surface area contributed by atoms with E-state index in [1.807, 2.05) is 0 Å². The van der Waals surface area contributed by atoms with E-state index >= 15 is 0 Å². The number of rotatable bonds is 7. The molecule has 0 saturated heterocycles. The van der Waals surface area contributed by atoms with Crippen molar-refractivity contribution in [1.29, 1.82) is 0 Å². The fraction of sp³-hybridized carbons (Fsp3) is 0.263. The highest BCUT2D eigenvalue weighted by Crippen LogP contribution is 2.15. The molecular weight excluding hydrogens is 325 g/mol. The molecule has 0 saturated carbocycles. The second-order valence-electron chi connectivity index (χ2n) is 5.41. The van der Waals surface area contributed by atoms with E-state index in [0.29, 0.717) is 11.3 Å². The van der Waals surface area contributed by atoms with Crippen molar-refractivity contribution < 1.29 is 23.5 Å². The number of halogens is 1. The number of esters is 1. The van der Waals surface area contributed by atoms with E-state index in [1.54, 1.807) is 43.5 Å². The molecule has 0 radical (unpaired) electrons. The second kappa shape index (κ2) is 8.82. The van der Waals surface area contributed by atoms with Gasteiger partial charge in [0.25, 0.3) is 5.91 Å². The van der Waals surface area contributed by atoms with E-state index < -0.39 is 5.97 Å². The smallest absolute Gasteiger partial charge is 0.307 e. The summed E-state index contributed by atoms with van der Waals surface area (Å²) in [6.45, 7) is 0.469. The van der Waals surface area contributed by atoms with Crippen molar-refractivity contribution in [3.63, 3.8) is 0 Å². The van der Waals surface area contributed by atoms with Crippen molar-refractivity contribution in [1.82, 2.24) is 4.90 Å². The lowest BCUT2D eigenvalue weighted by atomic mass is 10.1. The Balaban J connectivity index is 2.17. The summed E-state index contributed by atoms with van der Waals surface area (Å²) in [5, 5.41) is 0. The van der Waals surface area contributed by atoms with Gasteiger partial charge in [0.15, 0.2) is 0 Å². The van der Waals surface area contributed by atoms with E-state index in [1.165, 1.54) is 24.1 Å². The van der Waals surface area contributed by atoms with Gasteiger partial charge >= 0.3 is 5.97 Å². The van der Waals surface area contributed by atoms with Gasteiger partial charge in [-0.1, -0.05) is 12.1 Å². The zero-order valence-corrected chi connectivity index (χ0v) is 14.2. The van der Waals surface area contributed by atoms with Gasteiger partial charge in [-0.3, -0.25) is 9.59 Å². The quantitative estimate of drug-likeness (QED) is 0.724. The molecule has 1 amide bonds. The summed E-state index contributed by atoms with van der Waals surface area (Å²) in [6, 6.07) is 12.6. The van der Waals surface area contributed by atoms with E-state index in [0.717, 1.165) is 5.56 Å². The average Bonchev–Trinajstić information content (AvgIpc) is 2.65. The number of hydrogen-bond donors (Lipinski definition) is 0. The van der Waals surface area contributed by atoms with Crippen LogP contribution < -0.4 is 4.74 Å². The van der Waals surface area contributed by atoms with Crippen LogP contribution in [0.5, 0.6) is 5.75 Å². The molecule has 2 aromatic carbocycles. The molecule has 0 aromatic heterocycles. The zero-order chi connectivity index (χ0) is 18.2. The minimum Gasteiger partial charge on any atom is -0.497 e. The summed E-state index contributed by atoms with van der Waals surface area (Å²) in [6.07, 6.45) is 0.0829. The van der Waals surface area contributed by atoms with Crippen LogP contribution in [0.4, 0.5) is 4.39 Å². The van der Waals surface area contributed by atoms with E-state index in [9.17, 15) is 14.0 Å². The van der Waals surface area contributed by atoms with E-state index in [4.69, 9.17) is 4.74 Å². The Labute approximate surface area is 146 Å². The molecule has 0 bridgehead atoms. The number of carbonyl (C=O) groups is 2. The lowest BCUT2D eigenvalue weighted by Crippen LogP contribution is -2.32. The monoisotopic (exact) mass is 345 g/mol. The average molecular weight is 345 g/mol. The molecule has 25 heavy (non-hydrogen) atoms. The molecule has 0 unspecified atom stereocenters. The third kappa shape index (κ3) is 5.31. The molecule has 5 nitrogen and oxygen atoms in total.